The number of aliphatic hydroxyl groups excluding tert-OH is 1. The Bertz CT molecular complexity index is 2650. The molecule has 3 aromatic carbocycles. The maximum atomic E-state index is 16.1. The van der Waals surface area contributed by atoms with Crippen molar-refractivity contribution in [2.45, 2.75) is 123 Å². The number of benzene rings is 3. The van der Waals surface area contributed by atoms with Crippen molar-refractivity contribution in [3.05, 3.63) is 118 Å². The Morgan fingerprint density at radius 1 is 1.00 bits per heavy atom. The zero-order chi connectivity index (χ0) is 49.1. The molecule has 1 fully saturated rings. The number of hydrogen-bond acceptors (Lipinski definition) is 8. The zero-order valence-corrected chi connectivity index (χ0v) is 40.5. The topological polar surface area (TPSA) is 160 Å². The maximum absolute atomic E-state index is 16.1. The van der Waals surface area contributed by atoms with E-state index < -0.39 is 64.7 Å². The predicted molar refractivity (Wildman–Crippen MR) is 259 cm³/mol. The number of nitrogens with one attached hydrogen (secondary N) is 4. The van der Waals surface area contributed by atoms with Crippen LogP contribution in [-0.2, 0) is 32.1 Å². The summed E-state index contributed by atoms with van der Waals surface area (Å²) in [4.78, 5) is 65.4. The molecule has 0 unspecified atom stereocenters. The molecule has 362 valence electrons. The molecule has 5 atom stereocenters. The fraction of sp³-hybridized carbons (Fsp3) is 0.442. The molecule has 0 spiro atoms. The third-order valence-electron chi connectivity index (χ3n) is 12.7. The van der Waals surface area contributed by atoms with Crippen LogP contribution in [0.4, 0.5) is 13.2 Å². The van der Waals surface area contributed by atoms with Crippen LogP contribution >= 0.6 is 11.3 Å². The van der Waals surface area contributed by atoms with E-state index in [4.69, 9.17) is 0 Å². The van der Waals surface area contributed by atoms with Gasteiger partial charge < -0.3 is 30.9 Å². The Morgan fingerprint density at radius 3 is 2.37 bits per heavy atom. The van der Waals surface area contributed by atoms with Crippen molar-refractivity contribution in [1.82, 2.24) is 35.7 Å². The van der Waals surface area contributed by atoms with E-state index in [-0.39, 0.29) is 62.1 Å². The van der Waals surface area contributed by atoms with Gasteiger partial charge in [-0.2, -0.15) is 0 Å². The van der Waals surface area contributed by atoms with Gasteiger partial charge in [0.15, 0.2) is 0 Å². The molecule has 5 N–H and O–H groups in total. The van der Waals surface area contributed by atoms with Crippen LogP contribution in [0.1, 0.15) is 107 Å². The summed E-state index contributed by atoms with van der Waals surface area (Å²) >= 11 is 1.56. The number of carbonyl (C=O) groups is 4. The van der Waals surface area contributed by atoms with Crippen molar-refractivity contribution >= 4 is 51.9 Å². The highest BCUT2D eigenvalue weighted by Gasteiger charge is 2.45. The molecule has 0 radical (unpaired) electrons. The van der Waals surface area contributed by atoms with Crippen LogP contribution in [0, 0.1) is 24.0 Å². The van der Waals surface area contributed by atoms with Gasteiger partial charge in [-0.25, -0.2) is 18.2 Å². The lowest BCUT2D eigenvalue weighted by molar-refractivity contribution is -0.144. The quantitative estimate of drug-likeness (QED) is 0.0494. The number of halogens is 3. The normalized spacial score (nSPS) is 19.3. The minimum Gasteiger partial charge on any atom is -0.391 e. The molecule has 2 aliphatic rings. The summed E-state index contributed by atoms with van der Waals surface area (Å²) in [7, 11) is 0. The molecule has 0 saturated carbocycles. The number of aromatic amines is 1. The fourth-order valence-electron chi connectivity index (χ4n) is 9.33. The number of rotatable bonds is 16. The minimum absolute atomic E-state index is 0.0447. The third-order valence-corrected chi connectivity index (χ3v) is 13.7. The van der Waals surface area contributed by atoms with Gasteiger partial charge >= 0.3 is 0 Å². The van der Waals surface area contributed by atoms with Crippen molar-refractivity contribution < 1.29 is 37.5 Å². The van der Waals surface area contributed by atoms with Gasteiger partial charge in [-0.05, 0) is 98.9 Å². The number of thiazole rings is 1. The summed E-state index contributed by atoms with van der Waals surface area (Å²) in [6.07, 6.45) is 3.12. The molecule has 0 bridgehead atoms. The Kier molecular flexibility index (Phi) is 15.3. The van der Waals surface area contributed by atoms with Crippen LogP contribution < -0.4 is 16.0 Å². The first kappa shape index (κ1) is 50.0. The van der Waals surface area contributed by atoms with E-state index in [1.165, 1.54) is 43.0 Å². The van der Waals surface area contributed by atoms with Crippen LogP contribution in [0.25, 0.3) is 27.4 Å². The van der Waals surface area contributed by atoms with E-state index in [0.29, 0.717) is 25.0 Å². The minimum atomic E-state index is -1.63. The first-order valence-electron chi connectivity index (χ1n) is 23.2. The number of unbranched alkanes of at least 4 members (excludes halogenated alkanes) is 1. The van der Waals surface area contributed by atoms with Crippen LogP contribution in [0.2, 0.25) is 0 Å². The van der Waals surface area contributed by atoms with Gasteiger partial charge in [-0.3, -0.25) is 24.1 Å². The number of β-amino-alcohol motifs (C(OH)–C–C–N with tert-alkyl or cyclic N) is 1. The average molecular weight is 954 g/mol. The van der Waals surface area contributed by atoms with Crippen molar-refractivity contribution in [2.24, 2.45) is 5.41 Å². The number of aliphatic hydroxyl groups is 1. The highest BCUT2D eigenvalue weighted by molar-refractivity contribution is 7.13. The van der Waals surface area contributed by atoms with E-state index in [2.05, 4.69) is 25.9 Å². The summed E-state index contributed by atoms with van der Waals surface area (Å²) in [5.41, 5.74) is 4.63. The number of alkyl halides is 1. The van der Waals surface area contributed by atoms with Gasteiger partial charge in [-0.15, -0.1) is 11.3 Å². The number of para-hydroxylation sites is 1. The van der Waals surface area contributed by atoms with Crippen molar-refractivity contribution in [1.29, 1.82) is 0 Å². The predicted octanol–water partition coefficient (Wildman–Crippen LogP) is 8.07. The molecule has 68 heavy (non-hydrogen) atoms. The molecule has 2 aromatic heterocycles. The van der Waals surface area contributed by atoms with E-state index in [1.807, 2.05) is 83.1 Å². The Hall–Kier alpha value is -5.84. The number of likely N-dealkylation sites (tertiary alicyclic amines) is 1. The molecule has 7 rings (SSSR count). The van der Waals surface area contributed by atoms with Gasteiger partial charge in [0.05, 0.1) is 28.2 Å². The lowest BCUT2D eigenvalue weighted by atomic mass is 9.85. The second-order valence-electron chi connectivity index (χ2n) is 19.8. The number of hydrogen-bond donors (Lipinski definition) is 5. The zero-order valence-electron chi connectivity index (χ0n) is 39.7. The number of H-pyrrole nitrogens is 1. The monoisotopic (exact) mass is 953 g/mol. The number of aromatic nitrogens is 2. The van der Waals surface area contributed by atoms with Gasteiger partial charge in [0.2, 0.25) is 23.6 Å². The van der Waals surface area contributed by atoms with Gasteiger partial charge in [0.1, 0.15) is 29.4 Å². The van der Waals surface area contributed by atoms with Crippen LogP contribution in [-0.4, -0.2) is 98.0 Å². The van der Waals surface area contributed by atoms with Crippen LogP contribution in [0.5, 0.6) is 0 Å². The fourth-order valence-corrected chi connectivity index (χ4v) is 10.1. The molecule has 16 heteroatoms. The second-order valence-corrected chi connectivity index (χ2v) is 20.7. The standard InChI is InChI=1S/C52H62F3N7O5S/c1-30-22-37-36-12-8-9-13-40(36)59-45(37)46(62(30)28-52(6,7)55)44-38(53)23-33(24-39(44)54)17-20-42(64)56-21-11-10-14-43(65)60-48(51(3,4)5)50(67)61-27-35(63)25-41(61)49(66)57-26-32-15-18-34(19-16-32)47-31(2)58-29-68-47/h8-9,12-13,15-20,23-24,29-30,35,41,46,48,59,63H,10-11,14,21-22,25-28H2,1-7H3,(H,56,64)(H,57,66)(H,60,65)/b20-17+/t30-,35-,41+,46-,48-/m1/s1. The Labute approximate surface area is 399 Å². The summed E-state index contributed by atoms with van der Waals surface area (Å²) in [6.45, 7) is 12.6. The molecular formula is C52H62F3N7O5S. The van der Waals surface area contributed by atoms with E-state index in [0.717, 1.165) is 38.2 Å². The lowest BCUT2D eigenvalue weighted by Gasteiger charge is -2.43. The van der Waals surface area contributed by atoms with Crippen molar-refractivity contribution in [2.75, 3.05) is 19.6 Å². The molecule has 5 aromatic rings. The second kappa shape index (κ2) is 20.8. The summed E-state index contributed by atoms with van der Waals surface area (Å²) in [5, 5.41) is 20.0. The molecule has 1 saturated heterocycles. The van der Waals surface area contributed by atoms with Crippen LogP contribution in [0.15, 0.2) is 72.3 Å². The molecule has 4 heterocycles. The third kappa shape index (κ3) is 11.7. The molecule has 12 nitrogen and oxygen atoms in total. The highest BCUT2D eigenvalue weighted by atomic mass is 32.1. The lowest BCUT2D eigenvalue weighted by Crippen LogP contribution is -2.57. The van der Waals surface area contributed by atoms with E-state index >= 15 is 13.2 Å². The number of fused-ring (bicyclic) bond motifs is 3. The molecular weight excluding hydrogens is 892 g/mol. The van der Waals surface area contributed by atoms with Gasteiger partial charge in [0, 0.05) is 73.3 Å². The van der Waals surface area contributed by atoms with E-state index in [9.17, 15) is 24.3 Å². The number of aryl methyl sites for hydroxylation is 1. The smallest absolute Gasteiger partial charge is 0.246 e. The summed E-state index contributed by atoms with van der Waals surface area (Å²) in [5.74, 6) is -3.37. The highest BCUT2D eigenvalue weighted by Crippen LogP contribution is 2.43. The van der Waals surface area contributed by atoms with Crippen molar-refractivity contribution in [3.63, 3.8) is 0 Å². The van der Waals surface area contributed by atoms with Gasteiger partial charge in [-0.1, -0.05) is 63.2 Å². The number of nitrogens with zero attached hydrogens (tertiary/aromatic N) is 3. The van der Waals surface area contributed by atoms with Crippen LogP contribution in [0.3, 0.4) is 0 Å². The SMILES string of the molecule is Cc1ncsc1-c1ccc(CNC(=O)[C@@H]2C[C@@H](O)CN2C(=O)[C@@H](NC(=O)CCCCNC(=O)/C=C/c2cc(F)c([C@@H]3c4[nH]c5ccccc5c4C[C@@H](C)N3CC(C)(C)F)c(F)c2)C(C)(C)C)cc1. The van der Waals surface area contributed by atoms with Gasteiger partial charge in [0.25, 0.3) is 0 Å². The first-order chi connectivity index (χ1) is 32.2. The summed E-state index contributed by atoms with van der Waals surface area (Å²) in [6, 6.07) is 14.8. The Morgan fingerprint density at radius 2 is 1.71 bits per heavy atom. The first-order valence-corrected chi connectivity index (χ1v) is 24.1. The molecule has 2 aliphatic heterocycles. The average Bonchev–Trinajstić information content (AvgIpc) is 4.00. The molecule has 0 aliphatic carbocycles. The maximum Gasteiger partial charge on any atom is 0.246 e. The van der Waals surface area contributed by atoms with E-state index in [1.54, 1.807) is 21.7 Å². The number of carbonyl (C=O) groups excluding carboxylic acids is 4. The molecule has 4 amide bonds. The number of amides is 4. The largest absolute Gasteiger partial charge is 0.391 e. The Balaban J connectivity index is 0.900. The summed E-state index contributed by atoms with van der Waals surface area (Å²) < 4.78 is 47.4. The van der Waals surface area contributed by atoms with Crippen molar-refractivity contribution in [3.8, 4) is 10.4 Å².